The van der Waals surface area contributed by atoms with Crippen LogP contribution in [0.2, 0.25) is 0 Å². The fourth-order valence-corrected chi connectivity index (χ4v) is 2.79. The quantitative estimate of drug-likeness (QED) is 0.596. The van der Waals surface area contributed by atoms with Gasteiger partial charge >= 0.3 is 0 Å². The summed E-state index contributed by atoms with van der Waals surface area (Å²) in [5.41, 5.74) is 0. The third-order valence-electron chi connectivity index (χ3n) is 3.73. The van der Waals surface area contributed by atoms with Gasteiger partial charge in [-0.2, -0.15) is 0 Å². The van der Waals surface area contributed by atoms with Crippen LogP contribution in [0.1, 0.15) is 71.6 Å². The van der Waals surface area contributed by atoms with Crippen LogP contribution in [0, 0.1) is 11.8 Å². The van der Waals surface area contributed by atoms with E-state index in [0.29, 0.717) is 11.7 Å². The van der Waals surface area contributed by atoms with Crippen LogP contribution in [-0.4, -0.2) is 5.78 Å². The molecule has 0 heterocycles. The molecular weight excluding hydrogens is 184 g/mol. The molecular formula is C14H26O. The maximum Gasteiger partial charge on any atom is 0.135 e. The Kier molecular flexibility index (Phi) is 5.97. The lowest BCUT2D eigenvalue weighted by atomic mass is 9.76. The van der Waals surface area contributed by atoms with Gasteiger partial charge in [-0.15, -0.1) is 0 Å². The zero-order chi connectivity index (χ0) is 11.1. The van der Waals surface area contributed by atoms with Crippen molar-refractivity contribution < 1.29 is 4.79 Å². The van der Waals surface area contributed by atoms with Crippen molar-refractivity contribution in [2.24, 2.45) is 11.8 Å². The highest BCUT2D eigenvalue weighted by molar-refractivity contribution is 5.81. The van der Waals surface area contributed by atoms with Gasteiger partial charge in [0.05, 0.1) is 0 Å². The number of hydrogen-bond acceptors (Lipinski definition) is 1. The van der Waals surface area contributed by atoms with Gasteiger partial charge in [0.25, 0.3) is 0 Å². The van der Waals surface area contributed by atoms with Gasteiger partial charge in [-0.3, -0.25) is 4.79 Å². The number of Topliss-reactive ketones (excluding diaryl/α,β-unsaturated/α-hetero) is 1. The number of carbonyl (C=O) groups is 1. The van der Waals surface area contributed by atoms with Crippen molar-refractivity contribution in [2.75, 3.05) is 0 Å². The average Bonchev–Trinajstić information content (AvgIpc) is 2.23. The lowest BCUT2D eigenvalue weighted by Crippen LogP contribution is -2.24. The van der Waals surface area contributed by atoms with Crippen LogP contribution in [0.25, 0.3) is 0 Å². The number of unbranched alkanes of at least 4 members (excludes halogenated alkanes) is 2. The largest absolute Gasteiger partial charge is 0.299 e. The summed E-state index contributed by atoms with van der Waals surface area (Å²) in [6.45, 7) is 4.48. The van der Waals surface area contributed by atoms with Gasteiger partial charge in [0.1, 0.15) is 5.78 Å². The van der Waals surface area contributed by atoms with E-state index in [0.717, 1.165) is 25.2 Å². The van der Waals surface area contributed by atoms with Crippen LogP contribution < -0.4 is 0 Å². The first-order chi connectivity index (χ1) is 7.27. The Morgan fingerprint density at radius 3 is 2.60 bits per heavy atom. The highest BCUT2D eigenvalue weighted by atomic mass is 16.1. The Morgan fingerprint density at radius 1 is 1.13 bits per heavy atom. The van der Waals surface area contributed by atoms with E-state index in [4.69, 9.17) is 0 Å². The number of rotatable bonds is 6. The first-order valence-electron chi connectivity index (χ1n) is 6.80. The SMILES string of the molecule is CCCCCC1CC(CCC)CCC1=O. The van der Waals surface area contributed by atoms with E-state index in [2.05, 4.69) is 13.8 Å². The molecule has 1 saturated carbocycles. The molecule has 1 rings (SSSR count). The molecule has 15 heavy (non-hydrogen) atoms. The minimum Gasteiger partial charge on any atom is -0.299 e. The molecule has 1 fully saturated rings. The first kappa shape index (κ1) is 12.7. The summed E-state index contributed by atoms with van der Waals surface area (Å²) in [4.78, 5) is 11.7. The van der Waals surface area contributed by atoms with Crippen molar-refractivity contribution in [1.29, 1.82) is 0 Å². The Labute approximate surface area is 94.6 Å². The summed E-state index contributed by atoms with van der Waals surface area (Å²) in [6, 6.07) is 0. The molecule has 0 aromatic carbocycles. The summed E-state index contributed by atoms with van der Waals surface area (Å²) in [5, 5.41) is 0. The van der Waals surface area contributed by atoms with Crippen molar-refractivity contribution in [3.63, 3.8) is 0 Å². The maximum absolute atomic E-state index is 11.7. The smallest absolute Gasteiger partial charge is 0.135 e. The molecule has 2 unspecified atom stereocenters. The molecule has 0 aromatic heterocycles. The van der Waals surface area contributed by atoms with Crippen LogP contribution in [0.4, 0.5) is 0 Å². The minimum absolute atomic E-state index is 0.418. The van der Waals surface area contributed by atoms with Gasteiger partial charge in [-0.25, -0.2) is 0 Å². The Hall–Kier alpha value is -0.330. The lowest BCUT2D eigenvalue weighted by molar-refractivity contribution is -0.125. The van der Waals surface area contributed by atoms with E-state index in [9.17, 15) is 4.79 Å². The molecule has 0 radical (unpaired) electrons. The number of ketones is 1. The van der Waals surface area contributed by atoms with Gasteiger partial charge in [-0.05, 0) is 25.2 Å². The van der Waals surface area contributed by atoms with Gasteiger partial charge in [0.15, 0.2) is 0 Å². The van der Waals surface area contributed by atoms with Crippen LogP contribution in [-0.2, 0) is 4.79 Å². The number of hydrogen-bond donors (Lipinski definition) is 0. The molecule has 1 heteroatoms. The molecule has 2 atom stereocenters. The van der Waals surface area contributed by atoms with E-state index >= 15 is 0 Å². The predicted molar refractivity (Wildman–Crippen MR) is 64.9 cm³/mol. The van der Waals surface area contributed by atoms with Gasteiger partial charge in [0, 0.05) is 12.3 Å². The molecule has 0 saturated heterocycles. The second kappa shape index (κ2) is 7.03. The van der Waals surface area contributed by atoms with E-state index in [-0.39, 0.29) is 0 Å². The monoisotopic (exact) mass is 210 g/mol. The third-order valence-corrected chi connectivity index (χ3v) is 3.73. The molecule has 0 N–H and O–H groups in total. The Bertz CT molecular complexity index is 186. The molecule has 0 bridgehead atoms. The summed E-state index contributed by atoms with van der Waals surface area (Å²) < 4.78 is 0. The Morgan fingerprint density at radius 2 is 1.93 bits per heavy atom. The average molecular weight is 210 g/mol. The van der Waals surface area contributed by atoms with Crippen LogP contribution in [0.5, 0.6) is 0 Å². The molecule has 0 spiro atoms. The number of carbonyl (C=O) groups excluding carboxylic acids is 1. The van der Waals surface area contributed by atoms with Crippen LogP contribution >= 0.6 is 0 Å². The fourth-order valence-electron chi connectivity index (χ4n) is 2.79. The molecule has 1 aliphatic rings. The van der Waals surface area contributed by atoms with Crippen molar-refractivity contribution in [2.45, 2.75) is 71.6 Å². The zero-order valence-corrected chi connectivity index (χ0v) is 10.4. The normalized spacial score (nSPS) is 26.9. The van der Waals surface area contributed by atoms with Crippen molar-refractivity contribution >= 4 is 5.78 Å². The second-order valence-corrected chi connectivity index (χ2v) is 5.09. The molecule has 0 aromatic rings. The van der Waals surface area contributed by atoms with Crippen molar-refractivity contribution in [3.8, 4) is 0 Å². The molecule has 0 aliphatic heterocycles. The van der Waals surface area contributed by atoms with Gasteiger partial charge in [-0.1, -0.05) is 46.0 Å². The molecule has 1 aliphatic carbocycles. The molecule has 0 amide bonds. The highest BCUT2D eigenvalue weighted by Gasteiger charge is 2.27. The Balaban J connectivity index is 2.29. The van der Waals surface area contributed by atoms with E-state index < -0.39 is 0 Å². The van der Waals surface area contributed by atoms with E-state index in [1.165, 1.54) is 38.5 Å². The standard InChI is InChI=1S/C14H26O/c1-3-5-6-8-13-11-12(7-4-2)9-10-14(13)15/h12-13H,3-11H2,1-2H3. The molecule has 88 valence electrons. The van der Waals surface area contributed by atoms with Crippen LogP contribution in [0.3, 0.4) is 0 Å². The van der Waals surface area contributed by atoms with E-state index in [1.807, 2.05) is 0 Å². The van der Waals surface area contributed by atoms with Gasteiger partial charge < -0.3 is 0 Å². The molecule has 1 nitrogen and oxygen atoms in total. The third kappa shape index (κ3) is 4.36. The summed E-state index contributed by atoms with van der Waals surface area (Å²) >= 11 is 0. The maximum atomic E-state index is 11.7. The van der Waals surface area contributed by atoms with Crippen LogP contribution in [0.15, 0.2) is 0 Å². The lowest BCUT2D eigenvalue weighted by Gasteiger charge is -2.27. The van der Waals surface area contributed by atoms with Crippen molar-refractivity contribution in [3.05, 3.63) is 0 Å². The summed E-state index contributed by atoms with van der Waals surface area (Å²) in [5.74, 6) is 1.82. The first-order valence-corrected chi connectivity index (χ1v) is 6.80. The summed E-state index contributed by atoms with van der Waals surface area (Å²) in [7, 11) is 0. The minimum atomic E-state index is 0.418. The fraction of sp³-hybridized carbons (Fsp3) is 0.929. The highest BCUT2D eigenvalue weighted by Crippen LogP contribution is 2.32. The van der Waals surface area contributed by atoms with Crippen molar-refractivity contribution in [1.82, 2.24) is 0 Å². The topological polar surface area (TPSA) is 17.1 Å². The van der Waals surface area contributed by atoms with Gasteiger partial charge in [0.2, 0.25) is 0 Å². The zero-order valence-electron chi connectivity index (χ0n) is 10.4. The second-order valence-electron chi connectivity index (χ2n) is 5.09. The summed E-state index contributed by atoms with van der Waals surface area (Å²) in [6.07, 6.45) is 10.8. The predicted octanol–water partition coefficient (Wildman–Crippen LogP) is 4.35. The van der Waals surface area contributed by atoms with E-state index in [1.54, 1.807) is 0 Å².